The summed E-state index contributed by atoms with van der Waals surface area (Å²) in [4.78, 5) is 10.5. The Morgan fingerprint density at radius 3 is 2.35 bits per heavy atom. The highest BCUT2D eigenvalue weighted by atomic mass is 16.6. The molecule has 2 aromatic rings. The van der Waals surface area contributed by atoms with Gasteiger partial charge in [-0.1, -0.05) is 26.0 Å². The van der Waals surface area contributed by atoms with E-state index in [1.54, 1.807) is 24.3 Å². The quantitative estimate of drug-likeness (QED) is 0.670. The molecule has 0 spiro atoms. The maximum Gasteiger partial charge on any atom is 0.269 e. The molecule has 0 aromatic heterocycles. The van der Waals surface area contributed by atoms with E-state index in [4.69, 9.17) is 0 Å². The van der Waals surface area contributed by atoms with Gasteiger partial charge in [-0.3, -0.25) is 10.1 Å². The van der Waals surface area contributed by atoms with Crippen molar-refractivity contribution in [2.24, 2.45) is 5.92 Å². The van der Waals surface area contributed by atoms with Crippen LogP contribution in [0.2, 0.25) is 0 Å². The highest BCUT2D eigenvalue weighted by Crippen LogP contribution is 2.30. The van der Waals surface area contributed by atoms with Gasteiger partial charge >= 0.3 is 0 Å². The van der Waals surface area contributed by atoms with E-state index in [1.807, 2.05) is 12.1 Å². The number of non-ortho nitro benzene ring substituents is 1. The molecule has 0 heterocycles. The van der Waals surface area contributed by atoms with Crippen LogP contribution in [0.3, 0.4) is 0 Å². The lowest BCUT2D eigenvalue weighted by molar-refractivity contribution is -0.384. The predicted molar refractivity (Wildman–Crippen MR) is 78.7 cm³/mol. The van der Waals surface area contributed by atoms with Gasteiger partial charge in [-0.25, -0.2) is 0 Å². The van der Waals surface area contributed by atoms with Crippen molar-refractivity contribution in [3.05, 3.63) is 58.1 Å². The van der Waals surface area contributed by atoms with Crippen LogP contribution in [0.4, 0.5) is 5.69 Å². The average molecular weight is 271 g/mol. The standard InChI is InChI=1S/C16H17NO3/c1-11(2)9-13-10-14(17(19)20)5-8-16(13)12-3-6-15(18)7-4-12/h3-8,10-11,18H,9H2,1-2H3. The second kappa shape index (κ2) is 5.74. The predicted octanol–water partition coefficient (Wildman–Crippen LogP) is 4.17. The van der Waals surface area contributed by atoms with E-state index in [-0.39, 0.29) is 16.4 Å². The van der Waals surface area contributed by atoms with Crippen LogP contribution in [0.15, 0.2) is 42.5 Å². The number of hydrogen-bond donors (Lipinski definition) is 1. The molecule has 0 unspecified atom stereocenters. The number of aromatic hydroxyl groups is 1. The van der Waals surface area contributed by atoms with Crippen LogP contribution < -0.4 is 0 Å². The van der Waals surface area contributed by atoms with E-state index < -0.39 is 0 Å². The Morgan fingerprint density at radius 2 is 1.80 bits per heavy atom. The van der Waals surface area contributed by atoms with Crippen molar-refractivity contribution in [2.45, 2.75) is 20.3 Å². The lowest BCUT2D eigenvalue weighted by Crippen LogP contribution is -1.99. The van der Waals surface area contributed by atoms with Crippen molar-refractivity contribution >= 4 is 5.69 Å². The zero-order chi connectivity index (χ0) is 14.7. The lowest BCUT2D eigenvalue weighted by Gasteiger charge is -2.12. The first-order chi connectivity index (χ1) is 9.47. The number of hydrogen-bond acceptors (Lipinski definition) is 3. The van der Waals surface area contributed by atoms with E-state index in [9.17, 15) is 15.2 Å². The molecule has 20 heavy (non-hydrogen) atoms. The highest BCUT2D eigenvalue weighted by molar-refractivity contribution is 5.69. The number of benzene rings is 2. The van der Waals surface area contributed by atoms with E-state index in [0.717, 1.165) is 23.1 Å². The van der Waals surface area contributed by atoms with Crippen LogP contribution in [-0.4, -0.2) is 10.0 Å². The molecule has 104 valence electrons. The summed E-state index contributed by atoms with van der Waals surface area (Å²) in [5.74, 6) is 0.619. The number of nitro groups is 1. The van der Waals surface area contributed by atoms with Crippen LogP contribution in [0.25, 0.3) is 11.1 Å². The van der Waals surface area contributed by atoms with Gasteiger partial charge in [0.15, 0.2) is 0 Å². The third-order valence-electron chi connectivity index (χ3n) is 3.11. The molecule has 0 amide bonds. The Bertz CT molecular complexity index is 618. The largest absolute Gasteiger partial charge is 0.508 e. The zero-order valence-electron chi connectivity index (χ0n) is 11.5. The number of phenols is 1. The molecule has 0 radical (unpaired) electrons. The molecule has 0 bridgehead atoms. The van der Waals surface area contributed by atoms with Gasteiger partial charge in [0.2, 0.25) is 0 Å². The van der Waals surface area contributed by atoms with Crippen molar-refractivity contribution in [1.82, 2.24) is 0 Å². The summed E-state index contributed by atoms with van der Waals surface area (Å²) in [6.07, 6.45) is 0.776. The molecule has 0 saturated carbocycles. The second-order valence-corrected chi connectivity index (χ2v) is 5.24. The zero-order valence-corrected chi connectivity index (χ0v) is 11.5. The summed E-state index contributed by atoms with van der Waals surface area (Å²) in [7, 11) is 0. The maximum atomic E-state index is 10.9. The third-order valence-corrected chi connectivity index (χ3v) is 3.11. The summed E-state index contributed by atoms with van der Waals surface area (Å²) in [6, 6.07) is 11.8. The first-order valence-electron chi connectivity index (χ1n) is 6.54. The van der Waals surface area contributed by atoms with Crippen molar-refractivity contribution in [3.63, 3.8) is 0 Å². The minimum atomic E-state index is -0.371. The van der Waals surface area contributed by atoms with E-state index >= 15 is 0 Å². The smallest absolute Gasteiger partial charge is 0.269 e. The monoisotopic (exact) mass is 271 g/mol. The van der Waals surface area contributed by atoms with Crippen molar-refractivity contribution in [3.8, 4) is 16.9 Å². The minimum absolute atomic E-state index is 0.114. The Balaban J connectivity index is 2.50. The normalized spacial score (nSPS) is 10.8. The molecule has 2 rings (SSSR count). The second-order valence-electron chi connectivity index (χ2n) is 5.24. The van der Waals surface area contributed by atoms with Crippen LogP contribution in [0.5, 0.6) is 5.75 Å². The van der Waals surface area contributed by atoms with E-state index in [1.165, 1.54) is 6.07 Å². The maximum absolute atomic E-state index is 10.9. The summed E-state index contributed by atoms with van der Waals surface area (Å²) in [6.45, 7) is 4.17. The average Bonchev–Trinajstić information content (AvgIpc) is 2.39. The number of phenolic OH excluding ortho intramolecular Hbond substituents is 1. The summed E-state index contributed by atoms with van der Waals surface area (Å²) >= 11 is 0. The SMILES string of the molecule is CC(C)Cc1cc([N+](=O)[O-])ccc1-c1ccc(O)cc1. The number of nitro benzene ring substituents is 1. The Kier molecular flexibility index (Phi) is 4.03. The Morgan fingerprint density at radius 1 is 1.15 bits per heavy atom. The molecule has 2 aromatic carbocycles. The molecule has 0 aliphatic rings. The van der Waals surface area contributed by atoms with Crippen molar-refractivity contribution in [2.75, 3.05) is 0 Å². The highest BCUT2D eigenvalue weighted by Gasteiger charge is 2.13. The van der Waals surface area contributed by atoms with E-state index in [2.05, 4.69) is 13.8 Å². The van der Waals surface area contributed by atoms with Gasteiger partial charge < -0.3 is 5.11 Å². The van der Waals surface area contributed by atoms with Gasteiger partial charge in [0.25, 0.3) is 5.69 Å². The van der Waals surface area contributed by atoms with Gasteiger partial charge in [-0.15, -0.1) is 0 Å². The van der Waals surface area contributed by atoms with Crippen LogP contribution in [-0.2, 0) is 6.42 Å². The third kappa shape index (κ3) is 3.15. The molecule has 4 heteroatoms. The van der Waals surface area contributed by atoms with Gasteiger partial charge in [0.05, 0.1) is 4.92 Å². The first kappa shape index (κ1) is 14.1. The number of nitrogens with zero attached hydrogens (tertiary/aromatic N) is 1. The fourth-order valence-electron chi connectivity index (χ4n) is 2.23. The van der Waals surface area contributed by atoms with Crippen LogP contribution >= 0.6 is 0 Å². The van der Waals surface area contributed by atoms with Crippen LogP contribution in [0.1, 0.15) is 19.4 Å². The van der Waals surface area contributed by atoms with Gasteiger partial charge in [0.1, 0.15) is 5.75 Å². The topological polar surface area (TPSA) is 63.4 Å². The van der Waals surface area contributed by atoms with Crippen molar-refractivity contribution in [1.29, 1.82) is 0 Å². The molecule has 1 N–H and O–H groups in total. The first-order valence-corrected chi connectivity index (χ1v) is 6.54. The minimum Gasteiger partial charge on any atom is -0.508 e. The fraction of sp³-hybridized carbons (Fsp3) is 0.250. The van der Waals surface area contributed by atoms with Gasteiger partial charge in [-0.05, 0) is 47.2 Å². The molecule has 0 aliphatic heterocycles. The molecule has 4 nitrogen and oxygen atoms in total. The molecule has 0 atom stereocenters. The summed E-state index contributed by atoms with van der Waals surface area (Å²) < 4.78 is 0. The van der Waals surface area contributed by atoms with E-state index in [0.29, 0.717) is 5.92 Å². The van der Waals surface area contributed by atoms with Crippen LogP contribution in [0, 0.1) is 16.0 Å². The molecule has 0 aliphatic carbocycles. The summed E-state index contributed by atoms with van der Waals surface area (Å²) in [5, 5.41) is 20.2. The lowest BCUT2D eigenvalue weighted by atomic mass is 9.93. The van der Waals surface area contributed by atoms with Gasteiger partial charge in [-0.2, -0.15) is 0 Å². The number of rotatable bonds is 4. The fourth-order valence-corrected chi connectivity index (χ4v) is 2.23. The molecular weight excluding hydrogens is 254 g/mol. The summed E-state index contributed by atoms with van der Waals surface area (Å²) in [5.41, 5.74) is 3.00. The molecule has 0 saturated heterocycles. The Hall–Kier alpha value is -2.36. The van der Waals surface area contributed by atoms with Crippen molar-refractivity contribution < 1.29 is 10.0 Å². The molecule has 0 fully saturated rings. The molecular formula is C16H17NO3. The Labute approximate surface area is 117 Å². The van der Waals surface area contributed by atoms with Gasteiger partial charge in [0, 0.05) is 12.1 Å².